The normalized spacial score (nSPS) is 10.4. The number of carbonyl (C=O) groups is 1. The predicted molar refractivity (Wildman–Crippen MR) is 108 cm³/mol. The lowest BCUT2D eigenvalue weighted by Gasteiger charge is -2.18. The van der Waals surface area contributed by atoms with Crippen LogP contribution in [-0.2, 0) is 6.42 Å². The summed E-state index contributed by atoms with van der Waals surface area (Å²) in [5, 5.41) is 3.05. The van der Waals surface area contributed by atoms with Crippen molar-refractivity contribution in [1.82, 2.24) is 0 Å². The average Bonchev–Trinajstić information content (AvgIpc) is 2.66. The molecular formula is C22H29NO4. The van der Waals surface area contributed by atoms with Crippen molar-refractivity contribution < 1.29 is 19.0 Å². The molecule has 0 spiro atoms. The fourth-order valence-corrected chi connectivity index (χ4v) is 2.91. The van der Waals surface area contributed by atoms with Gasteiger partial charge in [0.05, 0.1) is 19.8 Å². The summed E-state index contributed by atoms with van der Waals surface area (Å²) in [6, 6.07) is 9.43. The van der Waals surface area contributed by atoms with E-state index in [-0.39, 0.29) is 5.91 Å². The Hall–Kier alpha value is -2.69. The van der Waals surface area contributed by atoms with Crippen molar-refractivity contribution in [2.24, 2.45) is 0 Å². The van der Waals surface area contributed by atoms with Crippen molar-refractivity contribution >= 4 is 11.6 Å². The Kier molecular flexibility index (Phi) is 7.53. The van der Waals surface area contributed by atoms with Crippen molar-refractivity contribution in [1.29, 1.82) is 0 Å². The maximum absolute atomic E-state index is 13.0. The quantitative estimate of drug-likeness (QED) is 0.673. The predicted octanol–water partition coefficient (Wildman–Crippen LogP) is 5.01. The molecule has 0 aromatic heterocycles. The van der Waals surface area contributed by atoms with Crippen LogP contribution in [0.5, 0.6) is 17.2 Å². The molecule has 0 heterocycles. The second-order valence-corrected chi connectivity index (χ2v) is 6.02. The van der Waals surface area contributed by atoms with Gasteiger partial charge in [0.15, 0.2) is 11.5 Å². The van der Waals surface area contributed by atoms with Crippen LogP contribution >= 0.6 is 0 Å². The lowest BCUT2D eigenvalue weighted by molar-refractivity contribution is 0.102. The maximum Gasteiger partial charge on any atom is 0.255 e. The van der Waals surface area contributed by atoms with Crippen molar-refractivity contribution in [2.45, 2.75) is 41.0 Å². The van der Waals surface area contributed by atoms with E-state index in [2.05, 4.69) is 12.2 Å². The minimum absolute atomic E-state index is 0.205. The van der Waals surface area contributed by atoms with Gasteiger partial charge in [0, 0.05) is 11.3 Å². The second kappa shape index (κ2) is 9.86. The first-order valence-corrected chi connectivity index (χ1v) is 9.51. The molecule has 2 rings (SSSR count). The summed E-state index contributed by atoms with van der Waals surface area (Å²) in [6.07, 6.45) is 0.842. The van der Waals surface area contributed by atoms with Gasteiger partial charge in [0.1, 0.15) is 0 Å². The molecule has 0 radical (unpaired) electrons. The van der Waals surface area contributed by atoms with E-state index in [0.29, 0.717) is 42.6 Å². The summed E-state index contributed by atoms with van der Waals surface area (Å²) in [5.74, 6) is 1.35. The Morgan fingerprint density at radius 2 is 1.52 bits per heavy atom. The zero-order valence-corrected chi connectivity index (χ0v) is 16.8. The second-order valence-electron chi connectivity index (χ2n) is 6.02. The summed E-state index contributed by atoms with van der Waals surface area (Å²) < 4.78 is 17.1. The van der Waals surface area contributed by atoms with E-state index in [9.17, 15) is 4.79 Å². The number of carbonyl (C=O) groups excluding carboxylic acids is 1. The number of hydrogen-bond acceptors (Lipinski definition) is 4. The van der Waals surface area contributed by atoms with E-state index in [4.69, 9.17) is 14.2 Å². The number of para-hydroxylation sites is 1. The van der Waals surface area contributed by atoms with Gasteiger partial charge in [-0.2, -0.15) is 0 Å². The summed E-state index contributed by atoms with van der Waals surface area (Å²) in [4.78, 5) is 13.0. The fraction of sp³-hybridized carbons (Fsp3) is 0.409. The van der Waals surface area contributed by atoms with Gasteiger partial charge in [-0.25, -0.2) is 0 Å². The molecule has 146 valence electrons. The Balaban J connectivity index is 2.43. The highest BCUT2D eigenvalue weighted by atomic mass is 16.5. The molecule has 1 amide bonds. The first-order valence-electron chi connectivity index (χ1n) is 9.51. The lowest BCUT2D eigenvalue weighted by Crippen LogP contribution is -2.15. The van der Waals surface area contributed by atoms with Gasteiger partial charge in [-0.3, -0.25) is 4.79 Å². The van der Waals surface area contributed by atoms with Crippen molar-refractivity contribution in [3.63, 3.8) is 0 Å². The van der Waals surface area contributed by atoms with E-state index in [1.54, 1.807) is 12.1 Å². The van der Waals surface area contributed by atoms with Gasteiger partial charge in [-0.15, -0.1) is 0 Å². The number of ether oxygens (including phenoxy) is 3. The third kappa shape index (κ3) is 4.94. The molecule has 2 aromatic carbocycles. The van der Waals surface area contributed by atoms with Crippen molar-refractivity contribution in [3.05, 3.63) is 47.0 Å². The van der Waals surface area contributed by atoms with Crippen LogP contribution in [0.1, 0.15) is 49.2 Å². The Bertz CT molecular complexity index is 759. The van der Waals surface area contributed by atoms with Crippen LogP contribution in [0.4, 0.5) is 5.69 Å². The van der Waals surface area contributed by atoms with E-state index >= 15 is 0 Å². The number of aryl methyl sites for hydroxylation is 2. The van der Waals surface area contributed by atoms with E-state index in [1.807, 2.05) is 45.9 Å². The minimum Gasteiger partial charge on any atom is -0.490 e. The number of hydrogen-bond donors (Lipinski definition) is 1. The molecule has 0 aliphatic heterocycles. The summed E-state index contributed by atoms with van der Waals surface area (Å²) in [6.45, 7) is 11.2. The first kappa shape index (κ1) is 20.6. The SMILES string of the molecule is CCOc1cc(C(=O)Nc2c(C)cccc2CC)cc(OCC)c1OCC. The summed E-state index contributed by atoms with van der Waals surface area (Å²) in [7, 11) is 0. The molecule has 0 saturated carbocycles. The molecule has 1 N–H and O–H groups in total. The topological polar surface area (TPSA) is 56.8 Å². The van der Waals surface area contributed by atoms with Gasteiger partial charge in [0.2, 0.25) is 5.75 Å². The fourth-order valence-electron chi connectivity index (χ4n) is 2.91. The van der Waals surface area contributed by atoms with Crippen LogP contribution in [0.2, 0.25) is 0 Å². The molecule has 0 unspecified atom stereocenters. The van der Waals surface area contributed by atoms with Crippen LogP contribution < -0.4 is 19.5 Å². The number of anilines is 1. The van der Waals surface area contributed by atoms with Gasteiger partial charge in [0.25, 0.3) is 5.91 Å². The molecule has 27 heavy (non-hydrogen) atoms. The molecule has 0 fully saturated rings. The highest BCUT2D eigenvalue weighted by Crippen LogP contribution is 2.39. The third-order valence-corrected chi connectivity index (χ3v) is 4.15. The van der Waals surface area contributed by atoms with E-state index in [1.165, 1.54) is 0 Å². The Labute approximate surface area is 161 Å². The average molecular weight is 371 g/mol. The number of benzene rings is 2. The zero-order valence-electron chi connectivity index (χ0n) is 16.8. The number of nitrogens with one attached hydrogen (secondary N) is 1. The van der Waals surface area contributed by atoms with Crippen LogP contribution in [0, 0.1) is 6.92 Å². The molecule has 0 aliphatic carbocycles. The molecule has 5 heteroatoms. The molecule has 0 atom stereocenters. The monoisotopic (exact) mass is 371 g/mol. The van der Waals surface area contributed by atoms with Crippen LogP contribution in [0.3, 0.4) is 0 Å². The molecule has 0 bridgehead atoms. The van der Waals surface area contributed by atoms with Gasteiger partial charge < -0.3 is 19.5 Å². The highest BCUT2D eigenvalue weighted by Gasteiger charge is 2.19. The van der Waals surface area contributed by atoms with Gasteiger partial charge in [-0.05, 0) is 57.4 Å². The summed E-state index contributed by atoms with van der Waals surface area (Å²) in [5.41, 5.74) is 3.46. The third-order valence-electron chi connectivity index (χ3n) is 4.15. The molecular weight excluding hydrogens is 342 g/mol. The van der Waals surface area contributed by atoms with Crippen LogP contribution in [-0.4, -0.2) is 25.7 Å². The first-order chi connectivity index (χ1) is 13.0. The van der Waals surface area contributed by atoms with Crippen molar-refractivity contribution in [2.75, 3.05) is 25.1 Å². The maximum atomic E-state index is 13.0. The van der Waals surface area contributed by atoms with Crippen LogP contribution in [0.25, 0.3) is 0 Å². The van der Waals surface area contributed by atoms with E-state index < -0.39 is 0 Å². The molecule has 2 aromatic rings. The number of rotatable bonds is 9. The summed E-state index contributed by atoms with van der Waals surface area (Å²) >= 11 is 0. The standard InChI is InChI=1S/C22H29NO4/c1-6-16-12-10-11-15(5)20(16)23-22(24)17-13-18(25-7-2)21(27-9-4)19(14-17)26-8-3/h10-14H,6-9H2,1-5H3,(H,23,24). The Morgan fingerprint density at radius 1 is 0.926 bits per heavy atom. The van der Waals surface area contributed by atoms with Crippen molar-refractivity contribution in [3.8, 4) is 17.2 Å². The lowest BCUT2D eigenvalue weighted by atomic mass is 10.1. The molecule has 5 nitrogen and oxygen atoms in total. The van der Waals surface area contributed by atoms with Gasteiger partial charge >= 0.3 is 0 Å². The van der Waals surface area contributed by atoms with Crippen LogP contribution in [0.15, 0.2) is 30.3 Å². The Morgan fingerprint density at radius 3 is 2.04 bits per heavy atom. The zero-order chi connectivity index (χ0) is 19.8. The van der Waals surface area contributed by atoms with E-state index in [0.717, 1.165) is 23.2 Å². The number of amides is 1. The van der Waals surface area contributed by atoms with Gasteiger partial charge in [-0.1, -0.05) is 25.1 Å². The minimum atomic E-state index is -0.205. The largest absolute Gasteiger partial charge is 0.490 e. The molecule has 0 aliphatic rings. The molecule has 0 saturated heterocycles. The smallest absolute Gasteiger partial charge is 0.255 e. The highest BCUT2D eigenvalue weighted by molar-refractivity contribution is 6.05.